The first-order chi connectivity index (χ1) is 10.2. The molecule has 2 aromatic rings. The minimum Gasteiger partial charge on any atom is -0.300 e. The average Bonchev–Trinajstić information content (AvgIpc) is 3.27. The number of anilines is 1. The molecule has 106 valence electrons. The Morgan fingerprint density at radius 1 is 1.48 bits per heavy atom. The summed E-state index contributed by atoms with van der Waals surface area (Å²) in [5, 5.41) is 20.2. The number of amides is 1. The summed E-state index contributed by atoms with van der Waals surface area (Å²) in [6, 6.07) is 9.62. The highest BCUT2D eigenvalue weighted by molar-refractivity contribution is 8.00. The van der Waals surface area contributed by atoms with E-state index >= 15 is 0 Å². The van der Waals surface area contributed by atoms with E-state index in [0.717, 1.165) is 28.5 Å². The lowest BCUT2D eigenvalue weighted by Crippen LogP contribution is -2.12. The molecule has 0 unspecified atom stereocenters. The van der Waals surface area contributed by atoms with E-state index in [0.29, 0.717) is 10.7 Å². The van der Waals surface area contributed by atoms with Crippen LogP contribution in [-0.4, -0.2) is 16.1 Å². The van der Waals surface area contributed by atoms with Gasteiger partial charge < -0.3 is 5.32 Å². The van der Waals surface area contributed by atoms with E-state index in [1.807, 2.05) is 18.2 Å². The van der Waals surface area contributed by atoms with Crippen molar-refractivity contribution < 1.29 is 4.79 Å². The van der Waals surface area contributed by atoms with Gasteiger partial charge in [0.05, 0.1) is 11.6 Å². The first kappa shape index (κ1) is 14.0. The fourth-order valence-electron chi connectivity index (χ4n) is 1.75. The molecule has 0 spiro atoms. The highest BCUT2D eigenvalue weighted by Crippen LogP contribution is 2.32. The molecule has 1 amide bonds. The maximum absolute atomic E-state index is 11.6. The highest BCUT2D eigenvalue weighted by atomic mass is 32.2. The summed E-state index contributed by atoms with van der Waals surface area (Å²) in [6.07, 6.45) is 1.95. The first-order valence-electron chi connectivity index (χ1n) is 6.51. The summed E-state index contributed by atoms with van der Waals surface area (Å²) in [7, 11) is 0. The normalized spacial score (nSPS) is 13.7. The van der Waals surface area contributed by atoms with Gasteiger partial charge in [-0.15, -0.1) is 10.2 Å². The van der Waals surface area contributed by atoms with Gasteiger partial charge in [0, 0.05) is 11.7 Å². The molecule has 0 bridgehead atoms. The van der Waals surface area contributed by atoms with Gasteiger partial charge in [-0.2, -0.15) is 5.26 Å². The molecule has 0 radical (unpaired) electrons. The van der Waals surface area contributed by atoms with Gasteiger partial charge in [0.2, 0.25) is 11.0 Å². The van der Waals surface area contributed by atoms with Gasteiger partial charge >= 0.3 is 0 Å². The van der Waals surface area contributed by atoms with E-state index < -0.39 is 0 Å². The van der Waals surface area contributed by atoms with Gasteiger partial charge in [0.25, 0.3) is 0 Å². The molecule has 1 heterocycles. The summed E-state index contributed by atoms with van der Waals surface area (Å²) >= 11 is 2.93. The zero-order valence-corrected chi connectivity index (χ0v) is 12.7. The van der Waals surface area contributed by atoms with Crippen molar-refractivity contribution in [2.75, 3.05) is 5.32 Å². The summed E-state index contributed by atoms with van der Waals surface area (Å²) in [4.78, 5) is 11.6. The van der Waals surface area contributed by atoms with Crippen molar-refractivity contribution in [1.29, 1.82) is 5.26 Å². The lowest BCUT2D eigenvalue weighted by Gasteiger charge is -1.99. The number of hydrogen-bond donors (Lipinski definition) is 1. The molecular formula is C14H12N4OS2. The van der Waals surface area contributed by atoms with Crippen LogP contribution >= 0.6 is 23.1 Å². The van der Waals surface area contributed by atoms with Crippen molar-refractivity contribution in [2.45, 2.75) is 22.9 Å². The number of aromatic nitrogens is 2. The lowest BCUT2D eigenvalue weighted by molar-refractivity contribution is -0.117. The Kier molecular flexibility index (Phi) is 4.18. The number of hydrogen-bond acceptors (Lipinski definition) is 6. The summed E-state index contributed by atoms with van der Waals surface area (Å²) in [6.45, 7) is 0. The number of thioether (sulfide) groups is 1. The number of carbonyl (C=O) groups is 1. The molecule has 1 fully saturated rings. The molecule has 1 aliphatic rings. The van der Waals surface area contributed by atoms with Crippen LogP contribution in [0.15, 0.2) is 28.6 Å². The van der Waals surface area contributed by atoms with Crippen LogP contribution in [0.1, 0.15) is 24.0 Å². The van der Waals surface area contributed by atoms with Gasteiger partial charge in [-0.05, 0) is 30.5 Å². The van der Waals surface area contributed by atoms with Crippen LogP contribution in [0.3, 0.4) is 0 Å². The fraction of sp³-hybridized carbons (Fsp3) is 0.286. The molecule has 0 saturated heterocycles. The van der Waals surface area contributed by atoms with Crippen molar-refractivity contribution in [3.8, 4) is 6.07 Å². The molecule has 0 aliphatic heterocycles. The van der Waals surface area contributed by atoms with E-state index in [9.17, 15) is 4.79 Å². The maximum atomic E-state index is 11.6. The minimum absolute atomic E-state index is 0.0458. The molecule has 7 heteroatoms. The first-order valence-corrected chi connectivity index (χ1v) is 8.31. The molecule has 1 aromatic heterocycles. The Morgan fingerprint density at radius 2 is 2.33 bits per heavy atom. The summed E-state index contributed by atoms with van der Waals surface area (Å²) in [5.41, 5.74) is 1.72. The Hall–Kier alpha value is -1.91. The van der Waals surface area contributed by atoms with E-state index in [-0.39, 0.29) is 11.8 Å². The van der Waals surface area contributed by atoms with Gasteiger partial charge in [-0.3, -0.25) is 4.79 Å². The second-order valence-corrected chi connectivity index (χ2v) is 6.94. The van der Waals surface area contributed by atoms with Crippen LogP contribution in [0.25, 0.3) is 0 Å². The van der Waals surface area contributed by atoms with Gasteiger partial charge in [-0.25, -0.2) is 0 Å². The molecule has 1 saturated carbocycles. The van der Waals surface area contributed by atoms with Gasteiger partial charge in [-0.1, -0.05) is 35.2 Å². The Balaban J connectivity index is 1.56. The van der Waals surface area contributed by atoms with Crippen molar-refractivity contribution in [3.05, 3.63) is 35.4 Å². The summed E-state index contributed by atoms with van der Waals surface area (Å²) in [5.74, 6) is 0.934. The molecule has 21 heavy (non-hydrogen) atoms. The van der Waals surface area contributed by atoms with Crippen LogP contribution in [0, 0.1) is 17.2 Å². The number of nitriles is 1. The van der Waals surface area contributed by atoms with E-state index in [1.54, 1.807) is 17.8 Å². The molecule has 0 atom stereocenters. The zero-order chi connectivity index (χ0) is 14.7. The Labute approximate surface area is 130 Å². The lowest BCUT2D eigenvalue weighted by atomic mass is 10.2. The number of nitrogens with zero attached hydrogens (tertiary/aromatic N) is 3. The van der Waals surface area contributed by atoms with Crippen LogP contribution in [-0.2, 0) is 10.5 Å². The average molecular weight is 316 g/mol. The molecular weight excluding hydrogens is 304 g/mol. The second kappa shape index (κ2) is 6.24. The maximum Gasteiger partial charge on any atom is 0.229 e. The molecule has 3 rings (SSSR count). The Bertz CT molecular complexity index is 703. The van der Waals surface area contributed by atoms with Gasteiger partial charge in [0.1, 0.15) is 0 Å². The van der Waals surface area contributed by atoms with E-state index in [4.69, 9.17) is 5.26 Å². The third kappa shape index (κ3) is 3.80. The van der Waals surface area contributed by atoms with E-state index in [1.165, 1.54) is 11.3 Å². The van der Waals surface area contributed by atoms with Crippen LogP contribution in [0.4, 0.5) is 5.13 Å². The van der Waals surface area contributed by atoms with Crippen molar-refractivity contribution in [2.24, 2.45) is 5.92 Å². The smallest absolute Gasteiger partial charge is 0.229 e. The highest BCUT2D eigenvalue weighted by Gasteiger charge is 2.30. The van der Waals surface area contributed by atoms with E-state index in [2.05, 4.69) is 21.6 Å². The van der Waals surface area contributed by atoms with Crippen molar-refractivity contribution in [1.82, 2.24) is 10.2 Å². The van der Waals surface area contributed by atoms with Crippen LogP contribution in [0.5, 0.6) is 0 Å². The fourth-order valence-corrected chi connectivity index (χ4v) is 3.45. The number of carbonyl (C=O) groups excluding carboxylic acids is 1. The zero-order valence-electron chi connectivity index (χ0n) is 11.1. The predicted octanol–water partition coefficient (Wildman–Crippen LogP) is 3.05. The van der Waals surface area contributed by atoms with Crippen LogP contribution < -0.4 is 5.32 Å². The second-order valence-electron chi connectivity index (χ2n) is 4.74. The molecule has 1 N–H and O–H groups in total. The predicted molar refractivity (Wildman–Crippen MR) is 82.0 cm³/mol. The summed E-state index contributed by atoms with van der Waals surface area (Å²) < 4.78 is 0.809. The minimum atomic E-state index is 0.0458. The third-order valence-corrected chi connectivity index (χ3v) is 5.05. The quantitative estimate of drug-likeness (QED) is 0.677. The monoisotopic (exact) mass is 316 g/mol. The van der Waals surface area contributed by atoms with Crippen molar-refractivity contribution in [3.63, 3.8) is 0 Å². The molecule has 1 aromatic carbocycles. The number of nitrogens with one attached hydrogen (secondary N) is 1. The van der Waals surface area contributed by atoms with Crippen molar-refractivity contribution >= 4 is 34.1 Å². The van der Waals surface area contributed by atoms with Gasteiger partial charge in [0.15, 0.2) is 4.34 Å². The SMILES string of the molecule is N#Cc1cccc(CSc2nnc(NC(=O)C3CC3)s2)c1. The number of rotatable bonds is 5. The standard InChI is InChI=1S/C14H12N4OS2/c15-7-9-2-1-3-10(6-9)8-20-14-18-17-13(21-14)16-12(19)11-4-5-11/h1-3,6,11H,4-5,8H2,(H,16,17,19). The molecule has 1 aliphatic carbocycles. The topological polar surface area (TPSA) is 78.7 Å². The Morgan fingerprint density at radius 3 is 3.10 bits per heavy atom. The largest absolute Gasteiger partial charge is 0.300 e. The van der Waals surface area contributed by atoms with Crippen LogP contribution in [0.2, 0.25) is 0 Å². The third-order valence-electron chi connectivity index (χ3n) is 3.00. The molecule has 5 nitrogen and oxygen atoms in total. The number of benzene rings is 1.